The average Bonchev–Trinajstić information content (AvgIpc) is 2.55. The van der Waals surface area contributed by atoms with Crippen LogP contribution in [0.3, 0.4) is 0 Å². The van der Waals surface area contributed by atoms with Crippen LogP contribution in [0.1, 0.15) is 11.1 Å². The summed E-state index contributed by atoms with van der Waals surface area (Å²) in [6.45, 7) is 0. The first-order valence-electron chi connectivity index (χ1n) is 7.92. The van der Waals surface area contributed by atoms with Gasteiger partial charge in [-0.3, -0.25) is 4.79 Å². The lowest BCUT2D eigenvalue weighted by molar-refractivity contribution is -0.138. The molecule has 0 aliphatic carbocycles. The van der Waals surface area contributed by atoms with Gasteiger partial charge in [0.1, 0.15) is 6.04 Å². The predicted molar refractivity (Wildman–Crippen MR) is 96.6 cm³/mol. The number of sulfonamides is 1. The number of benzene rings is 2. The third-order valence-electron chi connectivity index (χ3n) is 3.68. The molecule has 0 aromatic heterocycles. The maximum absolute atomic E-state index is 12.3. The summed E-state index contributed by atoms with van der Waals surface area (Å²) in [6.07, 6.45) is 0.474. The molecule has 7 heteroatoms. The van der Waals surface area contributed by atoms with Gasteiger partial charge in [0.15, 0.2) is 0 Å². The Bertz CT molecular complexity index is 779. The van der Waals surface area contributed by atoms with Crippen molar-refractivity contribution >= 4 is 16.0 Å². The molecule has 0 aliphatic heterocycles. The van der Waals surface area contributed by atoms with Gasteiger partial charge < -0.3 is 10.8 Å². The van der Waals surface area contributed by atoms with Crippen LogP contribution in [0.5, 0.6) is 0 Å². The number of carboxylic acids is 1. The number of aliphatic carboxylic acids is 1. The molecule has 0 radical (unpaired) electrons. The number of nitrogens with two attached hydrogens (primary N) is 1. The summed E-state index contributed by atoms with van der Waals surface area (Å²) in [5.74, 6) is -1.55. The van der Waals surface area contributed by atoms with E-state index in [9.17, 15) is 18.3 Å². The van der Waals surface area contributed by atoms with Crippen molar-refractivity contribution in [3.8, 4) is 0 Å². The zero-order valence-electron chi connectivity index (χ0n) is 13.7. The molecule has 0 heterocycles. The van der Waals surface area contributed by atoms with E-state index in [1.54, 1.807) is 24.3 Å². The van der Waals surface area contributed by atoms with Gasteiger partial charge in [-0.05, 0) is 24.0 Å². The normalized spacial score (nSPS) is 14.0. The van der Waals surface area contributed by atoms with Crippen LogP contribution in [0.25, 0.3) is 0 Å². The highest BCUT2D eigenvalue weighted by Crippen LogP contribution is 2.07. The molecule has 2 rings (SSSR count). The number of carboxylic acid groups (broad SMARTS) is 1. The molecule has 0 saturated heterocycles. The number of carbonyl (C=O) groups is 1. The van der Waals surface area contributed by atoms with E-state index in [1.807, 2.05) is 36.4 Å². The van der Waals surface area contributed by atoms with Crippen molar-refractivity contribution in [3.05, 3.63) is 71.8 Å². The van der Waals surface area contributed by atoms with Gasteiger partial charge >= 0.3 is 5.97 Å². The van der Waals surface area contributed by atoms with Crippen molar-refractivity contribution in [2.75, 3.05) is 5.75 Å². The Balaban J connectivity index is 1.98. The van der Waals surface area contributed by atoms with E-state index < -0.39 is 28.1 Å². The summed E-state index contributed by atoms with van der Waals surface area (Å²) in [4.78, 5) is 11.4. The molecular formula is C18H22N2O4S. The predicted octanol–water partition coefficient (Wildman–Crippen LogP) is 1.17. The lowest BCUT2D eigenvalue weighted by Gasteiger charge is -2.17. The largest absolute Gasteiger partial charge is 0.480 e. The first-order chi connectivity index (χ1) is 11.9. The van der Waals surface area contributed by atoms with Crippen LogP contribution in [0.4, 0.5) is 0 Å². The highest BCUT2D eigenvalue weighted by Gasteiger charge is 2.26. The first kappa shape index (κ1) is 19.1. The average molecular weight is 362 g/mol. The van der Waals surface area contributed by atoms with Crippen molar-refractivity contribution in [3.63, 3.8) is 0 Å². The maximum Gasteiger partial charge on any atom is 0.322 e. The topological polar surface area (TPSA) is 109 Å². The van der Waals surface area contributed by atoms with Crippen molar-refractivity contribution in [2.24, 2.45) is 5.73 Å². The van der Waals surface area contributed by atoms with Gasteiger partial charge in [0.25, 0.3) is 0 Å². The molecule has 0 amide bonds. The van der Waals surface area contributed by atoms with Crippen LogP contribution in [-0.2, 0) is 27.7 Å². The molecule has 0 fully saturated rings. The minimum Gasteiger partial charge on any atom is -0.480 e. The summed E-state index contributed by atoms with van der Waals surface area (Å²) in [7, 11) is -3.82. The summed E-state index contributed by atoms with van der Waals surface area (Å²) < 4.78 is 26.8. The molecular weight excluding hydrogens is 340 g/mol. The zero-order chi connectivity index (χ0) is 18.3. The fraction of sp³-hybridized carbons (Fsp3) is 0.278. The number of hydrogen-bond donors (Lipinski definition) is 3. The summed E-state index contributed by atoms with van der Waals surface area (Å²) in [5, 5.41) is 9.31. The van der Waals surface area contributed by atoms with Crippen LogP contribution in [-0.4, -0.2) is 37.3 Å². The Morgan fingerprint density at radius 2 is 1.44 bits per heavy atom. The molecule has 6 nitrogen and oxygen atoms in total. The van der Waals surface area contributed by atoms with Crippen LogP contribution < -0.4 is 10.5 Å². The Kier molecular flexibility index (Phi) is 6.69. The van der Waals surface area contributed by atoms with E-state index in [2.05, 4.69) is 4.72 Å². The van der Waals surface area contributed by atoms with Gasteiger partial charge in [0, 0.05) is 6.04 Å². The van der Waals surface area contributed by atoms with Crippen LogP contribution >= 0.6 is 0 Å². The van der Waals surface area contributed by atoms with Gasteiger partial charge in [-0.2, -0.15) is 0 Å². The Morgan fingerprint density at radius 3 is 1.92 bits per heavy atom. The van der Waals surface area contributed by atoms with Gasteiger partial charge in [0.05, 0.1) is 5.75 Å². The smallest absolute Gasteiger partial charge is 0.322 e. The Morgan fingerprint density at radius 1 is 0.960 bits per heavy atom. The lowest BCUT2D eigenvalue weighted by Crippen LogP contribution is -2.46. The molecule has 25 heavy (non-hydrogen) atoms. The van der Waals surface area contributed by atoms with Gasteiger partial charge in [-0.15, -0.1) is 0 Å². The van der Waals surface area contributed by atoms with Gasteiger partial charge in [0.2, 0.25) is 10.0 Å². The van der Waals surface area contributed by atoms with Crippen molar-refractivity contribution in [2.45, 2.75) is 24.9 Å². The number of rotatable bonds is 9. The SMILES string of the molecule is NC(Cc1ccccc1)CS(=O)(=O)NC(Cc1ccccc1)C(=O)O. The summed E-state index contributed by atoms with van der Waals surface area (Å²) >= 11 is 0. The Labute approximate surface area is 147 Å². The van der Waals surface area contributed by atoms with E-state index in [1.165, 1.54) is 0 Å². The van der Waals surface area contributed by atoms with Crippen LogP contribution in [0, 0.1) is 0 Å². The third kappa shape index (κ3) is 6.66. The van der Waals surface area contributed by atoms with Crippen molar-refractivity contribution < 1.29 is 18.3 Å². The van der Waals surface area contributed by atoms with E-state index >= 15 is 0 Å². The zero-order valence-corrected chi connectivity index (χ0v) is 14.5. The standard InChI is InChI=1S/C18H22N2O4S/c19-16(11-14-7-3-1-4-8-14)13-25(23,24)20-17(18(21)22)12-15-9-5-2-6-10-15/h1-10,16-17,20H,11-13,19H2,(H,21,22). The lowest BCUT2D eigenvalue weighted by atomic mass is 10.1. The molecule has 0 aliphatic rings. The van der Waals surface area contributed by atoms with Crippen LogP contribution in [0.2, 0.25) is 0 Å². The molecule has 2 atom stereocenters. The van der Waals surface area contributed by atoms with E-state index in [4.69, 9.17) is 5.73 Å². The van der Waals surface area contributed by atoms with Gasteiger partial charge in [-0.25, -0.2) is 13.1 Å². The monoisotopic (exact) mass is 362 g/mol. The maximum atomic E-state index is 12.3. The first-order valence-corrected chi connectivity index (χ1v) is 9.57. The molecule has 0 spiro atoms. The van der Waals surface area contributed by atoms with E-state index in [0.29, 0.717) is 6.42 Å². The quantitative estimate of drug-likeness (QED) is 0.620. The number of nitrogens with one attached hydrogen (secondary N) is 1. The van der Waals surface area contributed by atoms with Crippen molar-refractivity contribution in [1.82, 2.24) is 4.72 Å². The minimum atomic E-state index is -3.82. The Hall–Kier alpha value is -2.22. The second kappa shape index (κ2) is 8.75. The highest BCUT2D eigenvalue weighted by atomic mass is 32.2. The molecule has 134 valence electrons. The fourth-order valence-corrected chi connectivity index (χ4v) is 3.95. The van der Waals surface area contributed by atoms with E-state index in [0.717, 1.165) is 11.1 Å². The fourth-order valence-electron chi connectivity index (χ4n) is 2.55. The molecule has 0 bridgehead atoms. The molecule has 2 unspecified atom stereocenters. The summed E-state index contributed by atoms with van der Waals surface area (Å²) in [5.41, 5.74) is 7.61. The van der Waals surface area contributed by atoms with E-state index in [-0.39, 0.29) is 12.2 Å². The van der Waals surface area contributed by atoms with Crippen LogP contribution in [0.15, 0.2) is 60.7 Å². The third-order valence-corrected chi connectivity index (χ3v) is 5.19. The van der Waals surface area contributed by atoms with Gasteiger partial charge in [-0.1, -0.05) is 60.7 Å². The molecule has 2 aromatic rings. The summed E-state index contributed by atoms with van der Waals surface area (Å²) in [6, 6.07) is 16.4. The minimum absolute atomic E-state index is 0.0727. The molecule has 0 saturated carbocycles. The highest BCUT2D eigenvalue weighted by molar-refractivity contribution is 7.89. The van der Waals surface area contributed by atoms with Crippen molar-refractivity contribution in [1.29, 1.82) is 0 Å². The number of hydrogen-bond acceptors (Lipinski definition) is 4. The second-order valence-corrected chi connectivity index (χ2v) is 7.73. The second-order valence-electron chi connectivity index (χ2n) is 5.93. The molecule has 4 N–H and O–H groups in total. The molecule has 2 aromatic carbocycles.